The molecule has 0 aromatic heterocycles. The van der Waals surface area contributed by atoms with Crippen LogP contribution in [0.25, 0.3) is 0 Å². The molecule has 0 aliphatic heterocycles. The standard InChI is InChI=1S/C10H19NO3/c1-13-7-6-11-10(4-3-5-10)8-9(12)14-2/h11H,3-8H2,1-2H3. The maximum absolute atomic E-state index is 11.2. The second-order valence-corrected chi connectivity index (χ2v) is 3.81. The number of nitrogens with one attached hydrogen (secondary N) is 1. The number of carbonyl (C=O) groups is 1. The molecule has 82 valence electrons. The number of hydrogen-bond acceptors (Lipinski definition) is 4. The van der Waals surface area contributed by atoms with Gasteiger partial charge in [-0.3, -0.25) is 4.79 Å². The molecule has 0 radical (unpaired) electrons. The summed E-state index contributed by atoms with van der Waals surface area (Å²) in [5, 5.41) is 3.37. The summed E-state index contributed by atoms with van der Waals surface area (Å²) < 4.78 is 9.64. The highest BCUT2D eigenvalue weighted by molar-refractivity contribution is 5.71. The van der Waals surface area contributed by atoms with Crippen LogP contribution in [-0.4, -0.2) is 38.9 Å². The first kappa shape index (κ1) is 11.5. The van der Waals surface area contributed by atoms with Gasteiger partial charge in [-0.15, -0.1) is 0 Å². The molecule has 0 saturated heterocycles. The third kappa shape index (κ3) is 2.96. The number of ether oxygens (including phenoxy) is 2. The molecule has 1 fully saturated rings. The second kappa shape index (κ2) is 5.32. The van der Waals surface area contributed by atoms with E-state index in [4.69, 9.17) is 4.74 Å². The van der Waals surface area contributed by atoms with E-state index in [1.807, 2.05) is 0 Å². The summed E-state index contributed by atoms with van der Waals surface area (Å²) in [6, 6.07) is 0. The Kier molecular flexibility index (Phi) is 4.35. The van der Waals surface area contributed by atoms with Crippen LogP contribution >= 0.6 is 0 Å². The van der Waals surface area contributed by atoms with Crippen molar-refractivity contribution < 1.29 is 14.3 Å². The summed E-state index contributed by atoms with van der Waals surface area (Å²) in [4.78, 5) is 11.2. The SMILES string of the molecule is COCCNC1(CC(=O)OC)CCC1. The Morgan fingerprint density at radius 1 is 1.43 bits per heavy atom. The molecular formula is C10H19NO3. The highest BCUT2D eigenvalue weighted by Gasteiger charge is 2.38. The Morgan fingerprint density at radius 2 is 2.14 bits per heavy atom. The van der Waals surface area contributed by atoms with E-state index in [1.165, 1.54) is 13.5 Å². The van der Waals surface area contributed by atoms with Crippen LogP contribution < -0.4 is 5.32 Å². The lowest BCUT2D eigenvalue weighted by atomic mass is 9.74. The van der Waals surface area contributed by atoms with E-state index in [2.05, 4.69) is 10.1 Å². The van der Waals surface area contributed by atoms with Crippen LogP contribution in [0.2, 0.25) is 0 Å². The van der Waals surface area contributed by atoms with Crippen molar-refractivity contribution in [1.82, 2.24) is 5.32 Å². The Balaban J connectivity index is 2.30. The van der Waals surface area contributed by atoms with Crippen LogP contribution in [0.1, 0.15) is 25.7 Å². The van der Waals surface area contributed by atoms with Crippen molar-refractivity contribution in [3.63, 3.8) is 0 Å². The molecule has 1 saturated carbocycles. The van der Waals surface area contributed by atoms with Crippen molar-refractivity contribution >= 4 is 5.97 Å². The largest absolute Gasteiger partial charge is 0.469 e. The third-order valence-corrected chi connectivity index (χ3v) is 2.83. The highest BCUT2D eigenvalue weighted by Crippen LogP contribution is 2.34. The summed E-state index contributed by atoms with van der Waals surface area (Å²) in [5.74, 6) is -0.130. The Bertz CT molecular complexity index is 190. The smallest absolute Gasteiger partial charge is 0.307 e. The van der Waals surface area contributed by atoms with Gasteiger partial charge in [0.2, 0.25) is 0 Å². The molecule has 0 spiro atoms. The number of methoxy groups -OCH3 is 2. The molecular weight excluding hydrogens is 182 g/mol. The maximum atomic E-state index is 11.2. The van der Waals surface area contributed by atoms with Gasteiger partial charge < -0.3 is 14.8 Å². The van der Waals surface area contributed by atoms with E-state index in [9.17, 15) is 4.79 Å². The van der Waals surface area contributed by atoms with Crippen molar-refractivity contribution in [1.29, 1.82) is 0 Å². The van der Waals surface area contributed by atoms with Crippen LogP contribution in [0.3, 0.4) is 0 Å². The van der Waals surface area contributed by atoms with Crippen molar-refractivity contribution in [2.24, 2.45) is 0 Å². The zero-order chi connectivity index (χ0) is 10.4. The highest BCUT2D eigenvalue weighted by atomic mass is 16.5. The predicted octanol–water partition coefficient (Wildman–Crippen LogP) is 0.708. The molecule has 0 aromatic carbocycles. The number of esters is 1. The lowest BCUT2D eigenvalue weighted by Crippen LogP contribution is -2.53. The number of hydrogen-bond donors (Lipinski definition) is 1. The average Bonchev–Trinajstić information content (AvgIpc) is 2.14. The lowest BCUT2D eigenvalue weighted by Gasteiger charge is -2.42. The van der Waals surface area contributed by atoms with Gasteiger partial charge in [0.25, 0.3) is 0 Å². The van der Waals surface area contributed by atoms with Gasteiger partial charge in [-0.2, -0.15) is 0 Å². The van der Waals surface area contributed by atoms with E-state index in [1.54, 1.807) is 7.11 Å². The summed E-state index contributed by atoms with van der Waals surface area (Å²) >= 11 is 0. The topological polar surface area (TPSA) is 47.6 Å². The first-order valence-electron chi connectivity index (χ1n) is 5.03. The summed E-state index contributed by atoms with van der Waals surface area (Å²) in [7, 11) is 3.11. The third-order valence-electron chi connectivity index (χ3n) is 2.83. The zero-order valence-corrected chi connectivity index (χ0v) is 8.97. The van der Waals surface area contributed by atoms with Gasteiger partial charge >= 0.3 is 5.97 Å². The molecule has 1 aliphatic carbocycles. The van der Waals surface area contributed by atoms with Crippen molar-refractivity contribution in [2.75, 3.05) is 27.4 Å². The van der Waals surface area contributed by atoms with Gasteiger partial charge in [0.15, 0.2) is 0 Å². The molecule has 0 bridgehead atoms. The molecule has 4 nitrogen and oxygen atoms in total. The van der Waals surface area contributed by atoms with Gasteiger partial charge in [-0.05, 0) is 19.3 Å². The van der Waals surface area contributed by atoms with E-state index in [-0.39, 0.29) is 11.5 Å². The van der Waals surface area contributed by atoms with Crippen molar-refractivity contribution in [3.05, 3.63) is 0 Å². The average molecular weight is 201 g/mol. The molecule has 0 amide bonds. The van der Waals surface area contributed by atoms with Crippen LogP contribution in [0.4, 0.5) is 0 Å². The molecule has 1 N–H and O–H groups in total. The normalized spacial score (nSPS) is 18.7. The minimum absolute atomic E-state index is 0.00831. The van der Waals surface area contributed by atoms with Crippen LogP contribution in [0.15, 0.2) is 0 Å². The lowest BCUT2D eigenvalue weighted by molar-refractivity contribution is -0.143. The Labute approximate surface area is 85.0 Å². The molecule has 1 aliphatic rings. The summed E-state index contributed by atoms with van der Waals surface area (Å²) in [6.45, 7) is 1.48. The van der Waals surface area contributed by atoms with Gasteiger partial charge in [0, 0.05) is 19.2 Å². The first-order valence-corrected chi connectivity index (χ1v) is 5.03. The quantitative estimate of drug-likeness (QED) is 0.508. The van der Waals surface area contributed by atoms with E-state index in [0.29, 0.717) is 13.0 Å². The van der Waals surface area contributed by atoms with Crippen LogP contribution in [-0.2, 0) is 14.3 Å². The van der Waals surface area contributed by atoms with Crippen LogP contribution in [0.5, 0.6) is 0 Å². The number of rotatable bonds is 6. The Hall–Kier alpha value is -0.610. The molecule has 0 atom stereocenters. The van der Waals surface area contributed by atoms with Gasteiger partial charge in [-0.25, -0.2) is 0 Å². The molecule has 0 heterocycles. The Morgan fingerprint density at radius 3 is 2.57 bits per heavy atom. The molecule has 0 unspecified atom stereocenters. The van der Waals surface area contributed by atoms with Crippen LogP contribution in [0, 0.1) is 0 Å². The van der Waals surface area contributed by atoms with Crippen molar-refractivity contribution in [3.8, 4) is 0 Å². The fourth-order valence-corrected chi connectivity index (χ4v) is 1.79. The molecule has 4 heteroatoms. The number of carbonyl (C=O) groups excluding carboxylic acids is 1. The van der Waals surface area contributed by atoms with Crippen molar-refractivity contribution in [2.45, 2.75) is 31.2 Å². The zero-order valence-electron chi connectivity index (χ0n) is 8.97. The summed E-state index contributed by atoms with van der Waals surface area (Å²) in [5.41, 5.74) is -0.00831. The van der Waals surface area contributed by atoms with Gasteiger partial charge in [-0.1, -0.05) is 0 Å². The predicted molar refractivity (Wildman–Crippen MR) is 53.1 cm³/mol. The molecule has 1 rings (SSSR count). The second-order valence-electron chi connectivity index (χ2n) is 3.81. The minimum Gasteiger partial charge on any atom is -0.469 e. The van der Waals surface area contributed by atoms with E-state index < -0.39 is 0 Å². The molecule has 0 aromatic rings. The fourth-order valence-electron chi connectivity index (χ4n) is 1.79. The first-order chi connectivity index (χ1) is 6.72. The monoisotopic (exact) mass is 201 g/mol. The van der Waals surface area contributed by atoms with Gasteiger partial charge in [0.05, 0.1) is 20.1 Å². The minimum atomic E-state index is -0.130. The summed E-state index contributed by atoms with van der Waals surface area (Å²) in [6.07, 6.45) is 3.79. The fraction of sp³-hybridized carbons (Fsp3) is 0.900. The van der Waals surface area contributed by atoms with E-state index >= 15 is 0 Å². The van der Waals surface area contributed by atoms with E-state index in [0.717, 1.165) is 19.4 Å². The maximum Gasteiger partial charge on any atom is 0.307 e. The van der Waals surface area contributed by atoms with Gasteiger partial charge in [0.1, 0.15) is 0 Å². The molecule has 14 heavy (non-hydrogen) atoms.